The van der Waals surface area contributed by atoms with Crippen molar-refractivity contribution in [1.82, 2.24) is 0 Å². The van der Waals surface area contributed by atoms with Gasteiger partial charge in [0.1, 0.15) is 10.7 Å². The van der Waals surface area contributed by atoms with Gasteiger partial charge in [-0.05, 0) is 67.1 Å². The first-order valence-electron chi connectivity index (χ1n) is 12.2. The summed E-state index contributed by atoms with van der Waals surface area (Å²) in [7, 11) is 1.22. The van der Waals surface area contributed by atoms with Crippen molar-refractivity contribution in [3.63, 3.8) is 0 Å². The molecule has 0 aliphatic carbocycles. The Hall–Kier alpha value is -4.96. The highest BCUT2D eigenvalue weighted by molar-refractivity contribution is 6.53. The number of imide groups is 1. The summed E-state index contributed by atoms with van der Waals surface area (Å²) in [6.45, 7) is 2.22. The number of methoxy groups -OCH3 is 1. The second-order valence-corrected chi connectivity index (χ2v) is 8.93. The third kappa shape index (κ3) is 6.02. The van der Waals surface area contributed by atoms with Crippen LogP contribution in [0.4, 0.5) is 17.1 Å². The van der Waals surface area contributed by atoms with E-state index < -0.39 is 29.7 Å². The van der Waals surface area contributed by atoms with Crippen molar-refractivity contribution in [1.29, 1.82) is 0 Å². The number of nitrogens with zero attached hydrogens (tertiary/aromatic N) is 1. The third-order valence-corrected chi connectivity index (χ3v) is 6.11. The molecule has 0 fully saturated rings. The molecule has 0 unspecified atom stereocenters. The summed E-state index contributed by atoms with van der Waals surface area (Å²) in [5.41, 5.74) is 1.53. The van der Waals surface area contributed by atoms with Crippen LogP contribution in [-0.2, 0) is 19.1 Å². The largest absolute Gasteiger partial charge is 0.465 e. The summed E-state index contributed by atoms with van der Waals surface area (Å²) >= 11 is 6.22. The van der Waals surface area contributed by atoms with Crippen molar-refractivity contribution in [2.45, 2.75) is 13.3 Å². The van der Waals surface area contributed by atoms with Crippen LogP contribution in [0.1, 0.15) is 44.4 Å². The molecule has 0 saturated heterocycles. The van der Waals surface area contributed by atoms with Gasteiger partial charge in [0.25, 0.3) is 17.7 Å². The molecule has 2 N–H and O–H groups in total. The maximum atomic E-state index is 13.1. The summed E-state index contributed by atoms with van der Waals surface area (Å²) in [6.07, 6.45) is 0.713. The maximum absolute atomic E-state index is 13.1. The first-order chi connectivity index (χ1) is 19.2. The lowest BCUT2D eigenvalue weighted by Gasteiger charge is -2.16. The summed E-state index contributed by atoms with van der Waals surface area (Å²) < 4.78 is 9.79. The molecule has 3 amide bonds. The Morgan fingerprint density at radius 2 is 1.52 bits per heavy atom. The van der Waals surface area contributed by atoms with Gasteiger partial charge in [-0.3, -0.25) is 14.4 Å². The van der Waals surface area contributed by atoms with E-state index in [1.807, 2.05) is 6.92 Å². The zero-order valence-electron chi connectivity index (χ0n) is 21.5. The van der Waals surface area contributed by atoms with Gasteiger partial charge in [0.2, 0.25) is 0 Å². The van der Waals surface area contributed by atoms with E-state index in [-0.39, 0.29) is 27.5 Å². The number of nitrogens with one attached hydrogen (secondary N) is 2. The lowest BCUT2D eigenvalue weighted by atomic mass is 10.1. The molecular formula is C29H24ClN3O7. The highest BCUT2D eigenvalue weighted by Gasteiger charge is 2.39. The molecule has 10 nitrogen and oxygen atoms in total. The number of carbonyl (C=O) groups excluding carboxylic acids is 5. The van der Waals surface area contributed by atoms with E-state index in [2.05, 4.69) is 10.6 Å². The lowest BCUT2D eigenvalue weighted by Crippen LogP contribution is -2.32. The first-order valence-corrected chi connectivity index (χ1v) is 12.5. The quantitative estimate of drug-likeness (QED) is 0.283. The Bertz CT molecular complexity index is 1530. The molecule has 0 atom stereocenters. The number of carbonyl (C=O) groups is 5. The molecule has 40 heavy (non-hydrogen) atoms. The summed E-state index contributed by atoms with van der Waals surface area (Å²) in [5.74, 6) is -3.02. The van der Waals surface area contributed by atoms with Gasteiger partial charge < -0.3 is 20.1 Å². The van der Waals surface area contributed by atoms with Gasteiger partial charge in [-0.2, -0.15) is 0 Å². The van der Waals surface area contributed by atoms with Crippen LogP contribution in [0.2, 0.25) is 0 Å². The average Bonchev–Trinajstić information content (AvgIpc) is 3.18. The van der Waals surface area contributed by atoms with E-state index in [1.165, 1.54) is 37.4 Å². The minimum Gasteiger partial charge on any atom is -0.465 e. The highest BCUT2D eigenvalue weighted by Crippen LogP contribution is 2.31. The topological polar surface area (TPSA) is 131 Å². The number of hydrogen-bond donors (Lipinski definition) is 2. The molecule has 4 rings (SSSR count). The monoisotopic (exact) mass is 561 g/mol. The van der Waals surface area contributed by atoms with Gasteiger partial charge in [-0.25, -0.2) is 14.5 Å². The molecule has 3 aromatic rings. The van der Waals surface area contributed by atoms with Gasteiger partial charge in [0, 0.05) is 16.9 Å². The molecule has 0 spiro atoms. The van der Waals surface area contributed by atoms with Crippen LogP contribution in [0.5, 0.6) is 0 Å². The van der Waals surface area contributed by atoms with E-state index in [1.54, 1.807) is 42.5 Å². The number of rotatable bonds is 9. The van der Waals surface area contributed by atoms with E-state index >= 15 is 0 Å². The second kappa shape index (κ2) is 12.3. The summed E-state index contributed by atoms with van der Waals surface area (Å²) in [5, 5.41) is 5.22. The van der Waals surface area contributed by atoms with E-state index in [4.69, 9.17) is 21.1 Å². The Morgan fingerprint density at radius 1 is 0.825 bits per heavy atom. The van der Waals surface area contributed by atoms with Crippen molar-refractivity contribution in [3.05, 3.63) is 100 Å². The SMILES string of the molecule is CCCOC(=O)c1ccc(NC(=O)c2cccc(NC3=C(Cl)C(=O)N(c4cccc(C(=O)OC)c4)C3=O)c2)cc1. The Kier molecular flexibility index (Phi) is 8.60. The Labute approximate surface area is 234 Å². The molecule has 11 heteroatoms. The van der Waals surface area contributed by atoms with Crippen molar-refractivity contribution in [2.24, 2.45) is 0 Å². The fourth-order valence-electron chi connectivity index (χ4n) is 3.79. The number of ether oxygens (including phenoxy) is 2. The molecule has 204 valence electrons. The number of benzene rings is 3. The fraction of sp³-hybridized carbons (Fsp3) is 0.138. The smallest absolute Gasteiger partial charge is 0.338 e. The number of halogens is 1. The molecule has 0 radical (unpaired) electrons. The van der Waals surface area contributed by atoms with Crippen molar-refractivity contribution < 1.29 is 33.4 Å². The predicted molar refractivity (Wildman–Crippen MR) is 148 cm³/mol. The molecular weight excluding hydrogens is 538 g/mol. The molecule has 0 aromatic heterocycles. The van der Waals surface area contributed by atoms with Crippen molar-refractivity contribution >= 4 is 58.3 Å². The Morgan fingerprint density at radius 3 is 2.23 bits per heavy atom. The Balaban J connectivity index is 1.47. The number of esters is 2. The minimum atomic E-state index is -0.771. The maximum Gasteiger partial charge on any atom is 0.338 e. The van der Waals surface area contributed by atoms with Gasteiger partial charge >= 0.3 is 11.9 Å². The van der Waals surface area contributed by atoms with Gasteiger partial charge in [-0.1, -0.05) is 30.7 Å². The first kappa shape index (κ1) is 28.1. The highest BCUT2D eigenvalue weighted by atomic mass is 35.5. The van der Waals surface area contributed by atoms with Crippen LogP contribution < -0.4 is 15.5 Å². The second-order valence-electron chi connectivity index (χ2n) is 8.55. The van der Waals surface area contributed by atoms with Gasteiger partial charge in [0.15, 0.2) is 0 Å². The van der Waals surface area contributed by atoms with Crippen LogP contribution >= 0.6 is 11.6 Å². The normalized spacial score (nSPS) is 12.8. The van der Waals surface area contributed by atoms with Gasteiger partial charge in [-0.15, -0.1) is 0 Å². The minimum absolute atomic E-state index is 0.144. The average molecular weight is 562 g/mol. The summed E-state index contributed by atoms with van der Waals surface area (Å²) in [4.78, 5) is 63.5. The molecule has 1 heterocycles. The van der Waals surface area contributed by atoms with Crippen LogP contribution in [0.3, 0.4) is 0 Å². The van der Waals surface area contributed by atoms with Crippen LogP contribution in [-0.4, -0.2) is 43.4 Å². The number of amides is 3. The lowest BCUT2D eigenvalue weighted by molar-refractivity contribution is -0.120. The van der Waals surface area contributed by atoms with Crippen molar-refractivity contribution in [3.8, 4) is 0 Å². The van der Waals surface area contributed by atoms with Crippen LogP contribution in [0, 0.1) is 0 Å². The standard InChI is InChI=1S/C29H24ClN3O7/c1-3-14-40-29(38)17-10-12-20(13-11-17)32-25(34)18-6-4-8-21(15-18)31-24-23(30)26(35)33(27(24)36)22-9-5-7-19(16-22)28(37)39-2/h4-13,15-16,31H,3,14H2,1-2H3,(H,32,34). The summed E-state index contributed by atoms with van der Waals surface area (Å²) in [6, 6.07) is 18.3. The van der Waals surface area contributed by atoms with Crippen LogP contribution in [0.15, 0.2) is 83.5 Å². The molecule has 1 aliphatic heterocycles. The molecule has 3 aromatic carbocycles. The van der Waals surface area contributed by atoms with E-state index in [9.17, 15) is 24.0 Å². The van der Waals surface area contributed by atoms with Crippen molar-refractivity contribution in [2.75, 3.05) is 29.3 Å². The third-order valence-electron chi connectivity index (χ3n) is 5.76. The predicted octanol–water partition coefficient (Wildman–Crippen LogP) is 4.73. The molecule has 1 aliphatic rings. The molecule has 0 bridgehead atoms. The van der Waals surface area contributed by atoms with E-state index in [0.717, 1.165) is 4.90 Å². The number of hydrogen-bond acceptors (Lipinski definition) is 8. The van der Waals surface area contributed by atoms with E-state index in [0.29, 0.717) is 30.0 Å². The van der Waals surface area contributed by atoms with Gasteiger partial charge in [0.05, 0.1) is 30.5 Å². The molecule has 0 saturated carbocycles. The zero-order valence-corrected chi connectivity index (χ0v) is 22.3. The number of anilines is 3. The zero-order chi connectivity index (χ0) is 28.8. The fourth-order valence-corrected chi connectivity index (χ4v) is 4.00. The van der Waals surface area contributed by atoms with Crippen LogP contribution in [0.25, 0.3) is 0 Å².